The number of halogens is 1. The maximum atomic E-state index is 11.1. The van der Waals surface area contributed by atoms with E-state index in [9.17, 15) is 4.79 Å². The molecule has 0 fully saturated rings. The third-order valence-corrected chi connectivity index (χ3v) is 2.82. The van der Waals surface area contributed by atoms with E-state index in [2.05, 4.69) is 5.32 Å². The highest BCUT2D eigenvalue weighted by Gasteiger charge is 2.11. The van der Waals surface area contributed by atoms with Gasteiger partial charge >= 0.3 is 0 Å². The quantitative estimate of drug-likeness (QED) is 0.777. The Kier molecular flexibility index (Phi) is 3.81. The molecule has 70 valence electrons. The Morgan fingerprint density at radius 2 is 2.08 bits per heavy atom. The van der Waals surface area contributed by atoms with E-state index in [1.165, 1.54) is 4.90 Å². The molecule has 0 radical (unpaired) electrons. The average molecular weight is 260 g/mol. The number of thioether (sulfide) groups is 1. The smallest absolute Gasteiger partial charge is 0.225 e. The van der Waals surface area contributed by atoms with Crippen LogP contribution < -0.4 is 5.32 Å². The third kappa shape index (κ3) is 2.48. The van der Waals surface area contributed by atoms with Gasteiger partial charge in [-0.1, -0.05) is 12.1 Å². The number of para-hydroxylation sites is 1. The molecule has 2 nitrogen and oxygen atoms in total. The van der Waals surface area contributed by atoms with Crippen LogP contribution in [0.2, 0.25) is 0 Å². The summed E-state index contributed by atoms with van der Waals surface area (Å²) in [7, 11) is 0. The van der Waals surface area contributed by atoms with Crippen molar-refractivity contribution in [1.29, 1.82) is 0 Å². The molecule has 1 aromatic rings. The fourth-order valence-electron chi connectivity index (χ4n) is 1.16. The fourth-order valence-corrected chi connectivity index (χ4v) is 2.12. The molecule has 0 saturated carbocycles. The van der Waals surface area contributed by atoms with Gasteiger partial charge in [-0.2, -0.15) is 0 Å². The second-order valence-electron chi connectivity index (χ2n) is 2.64. The first-order valence-electron chi connectivity index (χ1n) is 3.88. The zero-order valence-electron chi connectivity index (χ0n) is 6.95. The van der Waals surface area contributed by atoms with E-state index >= 15 is 0 Å². The maximum absolute atomic E-state index is 11.1. The van der Waals surface area contributed by atoms with Crippen LogP contribution in [0.1, 0.15) is 6.42 Å². The van der Waals surface area contributed by atoms with Crippen molar-refractivity contribution in [2.75, 3.05) is 11.1 Å². The van der Waals surface area contributed by atoms with Gasteiger partial charge in [0.05, 0.1) is 5.69 Å². The summed E-state index contributed by atoms with van der Waals surface area (Å²) in [5.74, 6) is 0.996. The van der Waals surface area contributed by atoms with Crippen molar-refractivity contribution in [1.82, 2.24) is 0 Å². The Morgan fingerprint density at radius 1 is 1.31 bits per heavy atom. The van der Waals surface area contributed by atoms with Crippen molar-refractivity contribution in [3.05, 3.63) is 24.3 Å². The number of nitrogens with one attached hydrogen (secondary N) is 1. The highest BCUT2D eigenvalue weighted by molar-refractivity contribution is 8.93. The molecule has 0 spiro atoms. The van der Waals surface area contributed by atoms with E-state index in [-0.39, 0.29) is 22.9 Å². The lowest BCUT2D eigenvalue weighted by Crippen LogP contribution is -2.09. The Labute approximate surface area is 91.9 Å². The van der Waals surface area contributed by atoms with Gasteiger partial charge in [0.15, 0.2) is 0 Å². The number of benzene rings is 1. The minimum atomic E-state index is 0. The minimum absolute atomic E-state index is 0. The summed E-state index contributed by atoms with van der Waals surface area (Å²) in [6.07, 6.45) is 0.610. The van der Waals surface area contributed by atoms with Crippen LogP contribution >= 0.6 is 28.7 Å². The molecule has 0 atom stereocenters. The summed E-state index contributed by atoms with van der Waals surface area (Å²) in [6.45, 7) is 0. The summed E-state index contributed by atoms with van der Waals surface area (Å²) in [6, 6.07) is 7.89. The first-order valence-corrected chi connectivity index (χ1v) is 4.86. The summed E-state index contributed by atoms with van der Waals surface area (Å²) in [5.41, 5.74) is 0.949. The van der Waals surface area contributed by atoms with E-state index < -0.39 is 0 Å². The molecule has 0 bridgehead atoms. The number of anilines is 1. The Hall–Kier alpha value is -0.480. The van der Waals surface area contributed by atoms with E-state index in [0.717, 1.165) is 11.4 Å². The monoisotopic (exact) mass is 259 g/mol. The number of fused-ring (bicyclic) bond motifs is 1. The van der Waals surface area contributed by atoms with Gasteiger partial charge < -0.3 is 5.32 Å². The summed E-state index contributed by atoms with van der Waals surface area (Å²) >= 11 is 1.73. The maximum Gasteiger partial charge on any atom is 0.225 e. The predicted octanol–water partition coefficient (Wildman–Crippen LogP) is 2.70. The number of carbonyl (C=O) groups is 1. The summed E-state index contributed by atoms with van der Waals surface area (Å²) in [5, 5.41) is 2.86. The molecule has 1 aliphatic heterocycles. The molecule has 1 amide bonds. The fraction of sp³-hybridized carbons (Fsp3) is 0.222. The van der Waals surface area contributed by atoms with E-state index in [4.69, 9.17) is 0 Å². The molecule has 13 heavy (non-hydrogen) atoms. The van der Waals surface area contributed by atoms with E-state index in [0.29, 0.717) is 6.42 Å². The average Bonchev–Trinajstić information content (AvgIpc) is 2.25. The van der Waals surface area contributed by atoms with Gasteiger partial charge in [-0.05, 0) is 12.1 Å². The molecule has 0 aromatic heterocycles. The molecule has 1 aromatic carbocycles. The molecule has 0 saturated heterocycles. The van der Waals surface area contributed by atoms with Crippen molar-refractivity contribution in [3.63, 3.8) is 0 Å². The number of hydrogen-bond acceptors (Lipinski definition) is 2. The molecule has 0 aliphatic carbocycles. The minimum Gasteiger partial charge on any atom is -0.325 e. The van der Waals surface area contributed by atoms with Crippen LogP contribution in [0.3, 0.4) is 0 Å². The SMILES string of the molecule is Br.O=C1CCSc2ccccc2N1. The van der Waals surface area contributed by atoms with Crippen LogP contribution in [-0.4, -0.2) is 11.7 Å². The highest BCUT2D eigenvalue weighted by Crippen LogP contribution is 2.29. The number of rotatable bonds is 0. The van der Waals surface area contributed by atoms with Crippen molar-refractivity contribution < 1.29 is 4.79 Å². The van der Waals surface area contributed by atoms with Gasteiger partial charge in [-0.3, -0.25) is 4.79 Å². The molecule has 2 rings (SSSR count). The van der Waals surface area contributed by atoms with Gasteiger partial charge in [0, 0.05) is 17.1 Å². The van der Waals surface area contributed by atoms with Crippen molar-refractivity contribution >= 4 is 40.3 Å². The number of hydrogen-bond donors (Lipinski definition) is 1. The Balaban J connectivity index is 0.000000845. The first kappa shape index (κ1) is 10.6. The van der Waals surface area contributed by atoms with Crippen LogP contribution in [0.5, 0.6) is 0 Å². The van der Waals surface area contributed by atoms with Crippen LogP contribution in [0, 0.1) is 0 Å². The first-order chi connectivity index (χ1) is 5.86. The van der Waals surface area contributed by atoms with Crippen LogP contribution in [0.15, 0.2) is 29.2 Å². The van der Waals surface area contributed by atoms with Crippen LogP contribution in [0.25, 0.3) is 0 Å². The molecular weight excluding hydrogens is 250 g/mol. The zero-order valence-corrected chi connectivity index (χ0v) is 9.48. The van der Waals surface area contributed by atoms with Crippen LogP contribution in [-0.2, 0) is 4.79 Å². The van der Waals surface area contributed by atoms with E-state index in [1.807, 2.05) is 24.3 Å². The van der Waals surface area contributed by atoms with E-state index in [1.54, 1.807) is 11.8 Å². The van der Waals surface area contributed by atoms with Gasteiger partial charge in [0.2, 0.25) is 5.91 Å². The second-order valence-corrected chi connectivity index (χ2v) is 3.78. The molecule has 0 unspecified atom stereocenters. The van der Waals surface area contributed by atoms with Crippen molar-refractivity contribution in [3.8, 4) is 0 Å². The number of amides is 1. The molecule has 1 N–H and O–H groups in total. The lowest BCUT2D eigenvalue weighted by molar-refractivity contribution is -0.115. The summed E-state index contributed by atoms with van der Waals surface area (Å²) < 4.78 is 0. The highest BCUT2D eigenvalue weighted by atomic mass is 79.9. The number of carbonyl (C=O) groups excluding carboxylic acids is 1. The second kappa shape index (κ2) is 4.67. The standard InChI is InChI=1S/C9H9NOS.BrH/c11-9-5-6-12-8-4-2-1-3-7(8)10-9;/h1-4H,5-6H2,(H,10,11);1H. The Morgan fingerprint density at radius 3 is 2.92 bits per heavy atom. The van der Waals surface area contributed by atoms with Gasteiger partial charge in [0.25, 0.3) is 0 Å². The van der Waals surface area contributed by atoms with Crippen LogP contribution in [0.4, 0.5) is 5.69 Å². The predicted molar refractivity (Wildman–Crippen MR) is 60.7 cm³/mol. The molecular formula is C9H10BrNOS. The van der Waals surface area contributed by atoms with Crippen molar-refractivity contribution in [2.24, 2.45) is 0 Å². The zero-order chi connectivity index (χ0) is 8.39. The largest absolute Gasteiger partial charge is 0.325 e. The molecule has 1 heterocycles. The normalized spacial score (nSPS) is 14.9. The van der Waals surface area contributed by atoms with Gasteiger partial charge in [0.1, 0.15) is 0 Å². The lowest BCUT2D eigenvalue weighted by Gasteiger charge is -2.03. The van der Waals surface area contributed by atoms with Crippen molar-refractivity contribution in [2.45, 2.75) is 11.3 Å². The van der Waals surface area contributed by atoms with Gasteiger partial charge in [-0.25, -0.2) is 0 Å². The molecule has 1 aliphatic rings. The summed E-state index contributed by atoms with van der Waals surface area (Å²) in [4.78, 5) is 12.3. The lowest BCUT2D eigenvalue weighted by atomic mass is 10.3. The molecule has 4 heteroatoms. The topological polar surface area (TPSA) is 29.1 Å². The third-order valence-electron chi connectivity index (χ3n) is 1.75. The Bertz CT molecular complexity index is 316. The van der Waals surface area contributed by atoms with Gasteiger partial charge in [-0.15, -0.1) is 28.7 Å².